The highest BCUT2D eigenvalue weighted by molar-refractivity contribution is 8.00. The summed E-state index contributed by atoms with van der Waals surface area (Å²) in [5.41, 5.74) is 1.50. The number of Topliss-reactive ketones (excluding diaryl/α,β-unsaturated/α-hetero) is 1. The Morgan fingerprint density at radius 1 is 0.793 bits per heavy atom. The molecule has 2 aromatic carbocycles. The van der Waals surface area contributed by atoms with Crippen LogP contribution < -0.4 is 0 Å². The Hall–Kier alpha value is -1.58. The lowest BCUT2D eigenvalue weighted by Crippen LogP contribution is -2.18. The van der Waals surface area contributed by atoms with Gasteiger partial charge < -0.3 is 5.11 Å². The fourth-order valence-corrected chi connectivity index (χ4v) is 4.43. The van der Waals surface area contributed by atoms with Crippen LogP contribution in [0, 0.1) is 0 Å². The molecule has 0 spiro atoms. The quantitative estimate of drug-likeness (QED) is 0.187. The fraction of sp³-hybridized carbons (Fsp3) is 0.500. The van der Waals surface area contributed by atoms with E-state index in [0.717, 1.165) is 23.3 Å². The van der Waals surface area contributed by atoms with E-state index in [4.69, 9.17) is 0 Å². The van der Waals surface area contributed by atoms with Gasteiger partial charge in [-0.2, -0.15) is 0 Å². The van der Waals surface area contributed by atoms with E-state index in [-0.39, 0.29) is 5.78 Å². The number of hydrogen-bond acceptors (Lipinski definition) is 3. The summed E-state index contributed by atoms with van der Waals surface area (Å²) in [7, 11) is 0. The predicted molar refractivity (Wildman–Crippen MR) is 127 cm³/mol. The molecule has 29 heavy (non-hydrogen) atoms. The van der Waals surface area contributed by atoms with Crippen molar-refractivity contribution in [3.8, 4) is 11.1 Å². The Kier molecular flexibility index (Phi) is 11.8. The van der Waals surface area contributed by atoms with Crippen LogP contribution in [0.3, 0.4) is 0 Å². The summed E-state index contributed by atoms with van der Waals surface area (Å²) >= 11 is 1.37. The molecule has 158 valence electrons. The highest BCUT2D eigenvalue weighted by Crippen LogP contribution is 2.26. The third-order valence-electron chi connectivity index (χ3n) is 5.28. The molecule has 1 atom stereocenters. The molecule has 3 heteroatoms. The number of carbonyl (C=O) groups is 1. The third kappa shape index (κ3) is 8.76. The number of thioether (sulfide) groups is 1. The van der Waals surface area contributed by atoms with Gasteiger partial charge in [0.15, 0.2) is 5.44 Å². The Morgan fingerprint density at radius 2 is 1.34 bits per heavy atom. The minimum absolute atomic E-state index is 0.193. The van der Waals surface area contributed by atoms with Crippen LogP contribution in [0.25, 0.3) is 11.1 Å². The van der Waals surface area contributed by atoms with Gasteiger partial charge in [0.2, 0.25) is 5.78 Å². The van der Waals surface area contributed by atoms with Crippen LogP contribution in [0.2, 0.25) is 0 Å². The summed E-state index contributed by atoms with van der Waals surface area (Å²) in [6, 6.07) is 17.4. The summed E-state index contributed by atoms with van der Waals surface area (Å²) < 4.78 is 0. The first-order valence-corrected chi connectivity index (χ1v) is 12.3. The molecule has 2 nitrogen and oxygen atoms in total. The van der Waals surface area contributed by atoms with Crippen molar-refractivity contribution in [3.63, 3.8) is 0 Å². The number of aliphatic hydroxyl groups excluding tert-OH is 1. The molecule has 0 saturated heterocycles. The highest BCUT2D eigenvalue weighted by atomic mass is 32.2. The first-order chi connectivity index (χ1) is 14.2. The van der Waals surface area contributed by atoms with Crippen LogP contribution in [0.5, 0.6) is 0 Å². The smallest absolute Gasteiger partial charge is 0.202 e. The molecular formula is C26H36O2S. The zero-order chi connectivity index (χ0) is 20.7. The lowest BCUT2D eigenvalue weighted by molar-refractivity contribution is 0.0869. The van der Waals surface area contributed by atoms with E-state index in [9.17, 15) is 9.90 Å². The van der Waals surface area contributed by atoms with Gasteiger partial charge in [-0.1, -0.05) is 119 Å². The highest BCUT2D eigenvalue weighted by Gasteiger charge is 2.20. The van der Waals surface area contributed by atoms with Gasteiger partial charge in [-0.15, -0.1) is 11.8 Å². The third-order valence-corrected chi connectivity index (χ3v) is 6.33. The largest absolute Gasteiger partial charge is 0.374 e. The molecule has 0 aliphatic carbocycles. The number of ketones is 1. The van der Waals surface area contributed by atoms with Crippen LogP contribution in [0.4, 0.5) is 0 Å². The van der Waals surface area contributed by atoms with Gasteiger partial charge in [0.05, 0.1) is 0 Å². The second kappa shape index (κ2) is 14.4. The molecule has 1 N–H and O–H groups in total. The molecule has 0 heterocycles. The van der Waals surface area contributed by atoms with Gasteiger partial charge in [-0.25, -0.2) is 0 Å². The van der Waals surface area contributed by atoms with Crippen LogP contribution in [0.1, 0.15) is 81.5 Å². The van der Waals surface area contributed by atoms with Crippen molar-refractivity contribution >= 4 is 17.5 Å². The molecule has 0 amide bonds. The average Bonchev–Trinajstić information content (AvgIpc) is 2.77. The Bertz CT molecular complexity index is 699. The predicted octanol–water partition coefficient (Wildman–Crippen LogP) is 7.51. The number of benzene rings is 2. The minimum atomic E-state index is -0.988. The molecule has 0 saturated carbocycles. The van der Waals surface area contributed by atoms with E-state index in [1.807, 2.05) is 54.6 Å². The summed E-state index contributed by atoms with van der Waals surface area (Å²) in [5, 5.41) is 10.4. The van der Waals surface area contributed by atoms with Crippen molar-refractivity contribution in [1.29, 1.82) is 0 Å². The zero-order valence-corrected chi connectivity index (χ0v) is 18.6. The SMILES string of the molecule is CCCCCCCCCCCCSC(O)C(=O)c1ccccc1-c1ccccc1. The molecule has 0 aromatic heterocycles. The van der Waals surface area contributed by atoms with Crippen LogP contribution >= 0.6 is 11.8 Å². The standard InChI is InChI=1S/C26H36O2S/c1-2-3-4-5-6-7-8-9-10-16-21-29-26(28)25(27)24-20-15-14-19-23(24)22-17-12-11-13-18-22/h11-15,17-20,26,28H,2-10,16,21H2,1H3. The van der Waals surface area contributed by atoms with Crippen LogP contribution in [-0.4, -0.2) is 22.1 Å². The maximum Gasteiger partial charge on any atom is 0.202 e. The van der Waals surface area contributed by atoms with E-state index in [2.05, 4.69) is 6.92 Å². The molecule has 0 bridgehead atoms. The van der Waals surface area contributed by atoms with Crippen LogP contribution in [-0.2, 0) is 0 Å². The van der Waals surface area contributed by atoms with E-state index in [1.54, 1.807) is 0 Å². The van der Waals surface area contributed by atoms with Gasteiger partial charge in [0, 0.05) is 5.56 Å². The number of carbonyl (C=O) groups excluding carboxylic acids is 1. The topological polar surface area (TPSA) is 37.3 Å². The number of aliphatic hydroxyl groups is 1. The Morgan fingerprint density at radius 3 is 2.00 bits per heavy atom. The number of hydrogen-bond donors (Lipinski definition) is 1. The van der Waals surface area contributed by atoms with E-state index in [1.165, 1.54) is 69.5 Å². The summed E-state index contributed by atoms with van der Waals surface area (Å²) in [6.07, 6.45) is 13.0. The number of rotatable bonds is 15. The Labute approximate surface area is 181 Å². The maximum atomic E-state index is 12.8. The second-order valence-electron chi connectivity index (χ2n) is 7.68. The van der Waals surface area contributed by atoms with E-state index < -0.39 is 5.44 Å². The zero-order valence-electron chi connectivity index (χ0n) is 17.8. The molecule has 2 rings (SSSR count). The minimum Gasteiger partial charge on any atom is -0.374 e. The lowest BCUT2D eigenvalue weighted by atomic mass is 9.97. The van der Waals surface area contributed by atoms with E-state index >= 15 is 0 Å². The average molecular weight is 413 g/mol. The van der Waals surface area contributed by atoms with Crippen molar-refractivity contribution in [3.05, 3.63) is 60.2 Å². The van der Waals surface area contributed by atoms with Crippen molar-refractivity contribution < 1.29 is 9.90 Å². The van der Waals surface area contributed by atoms with Crippen molar-refractivity contribution in [1.82, 2.24) is 0 Å². The van der Waals surface area contributed by atoms with Crippen molar-refractivity contribution in [2.75, 3.05) is 5.75 Å². The molecule has 0 radical (unpaired) electrons. The van der Waals surface area contributed by atoms with Gasteiger partial charge >= 0.3 is 0 Å². The van der Waals surface area contributed by atoms with Gasteiger partial charge in [-0.05, 0) is 23.3 Å². The monoisotopic (exact) mass is 412 g/mol. The first-order valence-electron chi connectivity index (χ1n) is 11.2. The summed E-state index contributed by atoms with van der Waals surface area (Å²) in [5.74, 6) is 0.637. The Balaban J connectivity index is 1.67. The molecule has 1 unspecified atom stereocenters. The normalized spacial score (nSPS) is 12.1. The number of unbranched alkanes of at least 4 members (excludes halogenated alkanes) is 9. The second-order valence-corrected chi connectivity index (χ2v) is 8.87. The van der Waals surface area contributed by atoms with Crippen molar-refractivity contribution in [2.24, 2.45) is 0 Å². The molecule has 2 aromatic rings. The van der Waals surface area contributed by atoms with Gasteiger partial charge in [0.25, 0.3) is 0 Å². The van der Waals surface area contributed by atoms with Crippen LogP contribution in [0.15, 0.2) is 54.6 Å². The van der Waals surface area contributed by atoms with Gasteiger partial charge in [-0.3, -0.25) is 4.79 Å². The molecular weight excluding hydrogens is 376 g/mol. The molecule has 0 aliphatic rings. The molecule has 0 aliphatic heterocycles. The molecule has 0 fully saturated rings. The summed E-state index contributed by atoms with van der Waals surface area (Å²) in [6.45, 7) is 2.25. The maximum absolute atomic E-state index is 12.8. The lowest BCUT2D eigenvalue weighted by Gasteiger charge is -2.13. The summed E-state index contributed by atoms with van der Waals surface area (Å²) in [4.78, 5) is 12.8. The van der Waals surface area contributed by atoms with Crippen molar-refractivity contribution in [2.45, 2.75) is 76.6 Å². The first kappa shape index (κ1) is 23.7. The van der Waals surface area contributed by atoms with E-state index in [0.29, 0.717) is 5.56 Å². The fourth-order valence-electron chi connectivity index (χ4n) is 3.56. The van der Waals surface area contributed by atoms with Gasteiger partial charge in [0.1, 0.15) is 0 Å².